The van der Waals surface area contributed by atoms with E-state index in [-0.39, 0.29) is 0 Å². The van der Waals surface area contributed by atoms with Gasteiger partial charge in [0.1, 0.15) is 0 Å². The van der Waals surface area contributed by atoms with E-state index in [0.717, 1.165) is 45.3 Å². The van der Waals surface area contributed by atoms with Crippen molar-refractivity contribution in [3.05, 3.63) is 214 Å². The van der Waals surface area contributed by atoms with Gasteiger partial charge in [-0.05, 0) is 123 Å². The molecule has 0 atom stereocenters. The lowest BCUT2D eigenvalue weighted by atomic mass is 10.0. The molecule has 0 heterocycles. The zero-order valence-corrected chi connectivity index (χ0v) is 30.4. The van der Waals surface area contributed by atoms with Crippen molar-refractivity contribution in [3.8, 4) is 0 Å². The van der Waals surface area contributed by atoms with Gasteiger partial charge in [0.25, 0.3) is 0 Å². The number of benzene rings is 7. The Balaban J connectivity index is 1.09. The first-order valence-corrected chi connectivity index (χ1v) is 17.9. The van der Waals surface area contributed by atoms with Crippen molar-refractivity contribution in [1.29, 1.82) is 0 Å². The van der Waals surface area contributed by atoms with Gasteiger partial charge >= 0.3 is 0 Å². The minimum absolute atomic E-state index is 1.13. The van der Waals surface area contributed by atoms with Crippen LogP contribution in [0.4, 0.5) is 34.1 Å². The fourth-order valence-electron chi connectivity index (χ4n) is 6.33. The molecule has 0 amide bonds. The molecule has 0 unspecified atom stereocenters. The minimum atomic E-state index is 1.13. The standard InChI is InChI=1S/C50H44N2/c1-37-9-25-45(26-10-37)51(46-27-11-38(2)12-28-46)49-33-19-41(20-34-49)17-23-43-7-5-6-8-44(43)24-18-42-21-35-50(36-22-42)52(47-29-13-39(3)14-30-47)48-31-15-40(4)16-32-48/h5-36H,1-4H3. The lowest BCUT2D eigenvalue weighted by Crippen LogP contribution is -2.09. The third-order valence-corrected chi connectivity index (χ3v) is 9.38. The van der Waals surface area contributed by atoms with Gasteiger partial charge in [0.2, 0.25) is 0 Å². The molecule has 7 aromatic carbocycles. The molecule has 0 spiro atoms. The summed E-state index contributed by atoms with van der Waals surface area (Å²) in [5.74, 6) is 0. The summed E-state index contributed by atoms with van der Waals surface area (Å²) in [5, 5.41) is 0. The van der Waals surface area contributed by atoms with Crippen molar-refractivity contribution in [2.75, 3.05) is 9.80 Å². The van der Waals surface area contributed by atoms with E-state index in [0.29, 0.717) is 0 Å². The third-order valence-electron chi connectivity index (χ3n) is 9.38. The van der Waals surface area contributed by atoms with Gasteiger partial charge < -0.3 is 9.80 Å². The normalized spacial score (nSPS) is 11.3. The Labute approximate surface area is 309 Å². The van der Waals surface area contributed by atoms with Gasteiger partial charge in [-0.3, -0.25) is 0 Å². The summed E-state index contributed by atoms with van der Waals surface area (Å²) in [6.07, 6.45) is 8.79. The second-order valence-corrected chi connectivity index (χ2v) is 13.5. The van der Waals surface area contributed by atoms with Gasteiger partial charge in [-0.1, -0.05) is 144 Å². The van der Waals surface area contributed by atoms with Crippen molar-refractivity contribution in [2.45, 2.75) is 27.7 Å². The molecule has 0 aliphatic rings. The average Bonchev–Trinajstić information content (AvgIpc) is 3.18. The molecule has 0 radical (unpaired) electrons. The molecule has 0 aliphatic carbocycles. The fourth-order valence-corrected chi connectivity index (χ4v) is 6.33. The maximum Gasteiger partial charge on any atom is 0.0462 e. The van der Waals surface area contributed by atoms with Crippen LogP contribution in [0.1, 0.15) is 44.5 Å². The molecule has 254 valence electrons. The highest BCUT2D eigenvalue weighted by Crippen LogP contribution is 2.36. The average molecular weight is 673 g/mol. The van der Waals surface area contributed by atoms with Crippen molar-refractivity contribution < 1.29 is 0 Å². The predicted molar refractivity (Wildman–Crippen MR) is 225 cm³/mol. The summed E-state index contributed by atoms with van der Waals surface area (Å²) in [6.45, 7) is 8.50. The van der Waals surface area contributed by atoms with Crippen molar-refractivity contribution in [3.63, 3.8) is 0 Å². The Morgan fingerprint density at radius 3 is 0.750 bits per heavy atom. The first-order chi connectivity index (χ1) is 25.4. The van der Waals surface area contributed by atoms with E-state index in [4.69, 9.17) is 0 Å². The zero-order chi connectivity index (χ0) is 35.9. The summed E-state index contributed by atoms with van der Waals surface area (Å²) < 4.78 is 0. The summed E-state index contributed by atoms with van der Waals surface area (Å²) in [5.41, 5.74) is 16.5. The van der Waals surface area contributed by atoms with Crippen LogP contribution in [0.3, 0.4) is 0 Å². The SMILES string of the molecule is Cc1ccc(N(c2ccc(C)cc2)c2ccc(C=Cc3ccccc3C=Cc3ccc(N(c4ccc(C)cc4)c4ccc(C)cc4)cc3)cc2)cc1. The number of nitrogens with zero attached hydrogens (tertiary/aromatic N) is 2. The van der Waals surface area contributed by atoms with Gasteiger partial charge in [0.05, 0.1) is 0 Å². The summed E-state index contributed by atoms with van der Waals surface area (Å²) in [4.78, 5) is 4.61. The Morgan fingerprint density at radius 1 is 0.269 bits per heavy atom. The molecule has 7 rings (SSSR count). The molecule has 2 heteroatoms. The highest BCUT2D eigenvalue weighted by atomic mass is 15.1. The van der Waals surface area contributed by atoms with E-state index < -0.39 is 0 Å². The Morgan fingerprint density at radius 2 is 0.500 bits per heavy atom. The van der Waals surface area contributed by atoms with Crippen molar-refractivity contribution in [2.24, 2.45) is 0 Å². The van der Waals surface area contributed by atoms with Crippen LogP contribution in [0.2, 0.25) is 0 Å². The van der Waals surface area contributed by atoms with E-state index in [1.165, 1.54) is 33.4 Å². The van der Waals surface area contributed by atoms with Crippen LogP contribution in [-0.2, 0) is 0 Å². The van der Waals surface area contributed by atoms with Crippen LogP contribution < -0.4 is 9.80 Å². The van der Waals surface area contributed by atoms with E-state index in [9.17, 15) is 0 Å². The van der Waals surface area contributed by atoms with Crippen LogP contribution in [0, 0.1) is 27.7 Å². The molecule has 2 nitrogen and oxygen atoms in total. The van der Waals surface area contributed by atoms with Crippen LogP contribution in [0.25, 0.3) is 24.3 Å². The number of rotatable bonds is 10. The Bertz CT molecular complexity index is 2020. The molecule has 0 aromatic heterocycles. The number of anilines is 6. The van der Waals surface area contributed by atoms with Gasteiger partial charge in [-0.25, -0.2) is 0 Å². The molecule has 0 bridgehead atoms. The molecule has 0 saturated carbocycles. The van der Waals surface area contributed by atoms with Crippen LogP contribution in [-0.4, -0.2) is 0 Å². The summed E-state index contributed by atoms with van der Waals surface area (Å²) in [7, 11) is 0. The van der Waals surface area contributed by atoms with Gasteiger partial charge in [-0.15, -0.1) is 0 Å². The lowest BCUT2D eigenvalue weighted by molar-refractivity contribution is 1.27. The van der Waals surface area contributed by atoms with E-state index >= 15 is 0 Å². The monoisotopic (exact) mass is 672 g/mol. The second-order valence-electron chi connectivity index (χ2n) is 13.5. The number of aryl methyl sites for hydroxylation is 4. The molecule has 0 fully saturated rings. The molecule has 52 heavy (non-hydrogen) atoms. The quantitative estimate of drug-likeness (QED) is 0.133. The Hall–Kier alpha value is -6.38. The molecule has 7 aromatic rings. The molecular weight excluding hydrogens is 629 g/mol. The van der Waals surface area contributed by atoms with Crippen molar-refractivity contribution in [1.82, 2.24) is 0 Å². The largest absolute Gasteiger partial charge is 0.311 e. The molecular formula is C50H44N2. The van der Waals surface area contributed by atoms with Gasteiger partial charge in [0.15, 0.2) is 0 Å². The lowest BCUT2D eigenvalue weighted by Gasteiger charge is -2.26. The molecule has 0 saturated heterocycles. The fraction of sp³-hybridized carbons (Fsp3) is 0.0800. The first kappa shape index (κ1) is 34.1. The van der Waals surface area contributed by atoms with Crippen LogP contribution in [0.5, 0.6) is 0 Å². The van der Waals surface area contributed by atoms with Crippen LogP contribution >= 0.6 is 0 Å². The smallest absolute Gasteiger partial charge is 0.0462 e. The van der Waals surface area contributed by atoms with E-state index in [1.807, 2.05) is 0 Å². The van der Waals surface area contributed by atoms with Crippen LogP contribution in [0.15, 0.2) is 170 Å². The highest BCUT2D eigenvalue weighted by molar-refractivity contribution is 5.82. The number of hydrogen-bond donors (Lipinski definition) is 0. The van der Waals surface area contributed by atoms with E-state index in [1.54, 1.807) is 0 Å². The maximum absolute atomic E-state index is 2.31. The zero-order valence-electron chi connectivity index (χ0n) is 30.4. The predicted octanol–water partition coefficient (Wildman–Crippen LogP) is 14.2. The summed E-state index contributed by atoms with van der Waals surface area (Å²) >= 11 is 0. The first-order valence-electron chi connectivity index (χ1n) is 17.9. The van der Waals surface area contributed by atoms with Gasteiger partial charge in [0, 0.05) is 34.1 Å². The maximum atomic E-state index is 2.31. The van der Waals surface area contributed by atoms with E-state index in [2.05, 4.69) is 232 Å². The van der Waals surface area contributed by atoms with Crippen molar-refractivity contribution >= 4 is 58.4 Å². The molecule has 0 aliphatic heterocycles. The third kappa shape index (κ3) is 8.15. The summed E-state index contributed by atoms with van der Waals surface area (Å²) in [6, 6.07) is 61.0. The topological polar surface area (TPSA) is 6.48 Å². The Kier molecular flexibility index (Phi) is 10.3. The minimum Gasteiger partial charge on any atom is -0.311 e. The number of hydrogen-bond acceptors (Lipinski definition) is 2. The van der Waals surface area contributed by atoms with Gasteiger partial charge in [-0.2, -0.15) is 0 Å². The second kappa shape index (κ2) is 15.7. The molecule has 0 N–H and O–H groups in total. The highest BCUT2D eigenvalue weighted by Gasteiger charge is 2.13.